The van der Waals surface area contributed by atoms with Gasteiger partial charge in [0.05, 0.1) is 22.4 Å². The van der Waals surface area contributed by atoms with Crippen LogP contribution in [0.15, 0.2) is 15.3 Å². The Morgan fingerprint density at radius 1 is 1.37 bits per heavy atom. The molecule has 2 aromatic heterocycles. The lowest BCUT2D eigenvalue weighted by Crippen LogP contribution is -2.25. The van der Waals surface area contributed by atoms with Gasteiger partial charge in [-0.3, -0.25) is 14.0 Å². The van der Waals surface area contributed by atoms with Gasteiger partial charge in [0.2, 0.25) is 0 Å². The van der Waals surface area contributed by atoms with Gasteiger partial charge >= 0.3 is 0 Å². The van der Waals surface area contributed by atoms with E-state index in [1.54, 1.807) is 10.6 Å². The second-order valence-corrected chi connectivity index (χ2v) is 5.35. The lowest BCUT2D eigenvalue weighted by atomic mass is 10.3. The summed E-state index contributed by atoms with van der Waals surface area (Å²) in [6, 6.07) is 1.55. The summed E-state index contributed by atoms with van der Waals surface area (Å²) in [5.74, 6) is 0.719. The van der Waals surface area contributed by atoms with Gasteiger partial charge in [-0.25, -0.2) is 4.98 Å². The maximum atomic E-state index is 12.0. The summed E-state index contributed by atoms with van der Waals surface area (Å²) in [5.41, 5.74) is 2.70. The van der Waals surface area contributed by atoms with Crippen molar-refractivity contribution < 1.29 is 0 Å². The fraction of sp³-hybridized carbons (Fsp3) is 0.462. The van der Waals surface area contributed by atoms with Crippen LogP contribution in [0.3, 0.4) is 0 Å². The molecule has 0 saturated carbocycles. The van der Waals surface area contributed by atoms with Crippen molar-refractivity contribution in [3.05, 3.63) is 43.8 Å². The van der Waals surface area contributed by atoms with Crippen LogP contribution in [0.4, 0.5) is 0 Å². The lowest BCUT2D eigenvalue weighted by molar-refractivity contribution is 0.624. The Hall–Kier alpha value is -1.43. The Morgan fingerprint density at radius 3 is 2.58 bits per heavy atom. The van der Waals surface area contributed by atoms with Crippen molar-refractivity contribution in [1.29, 1.82) is 0 Å². The van der Waals surface area contributed by atoms with Crippen LogP contribution >= 0.6 is 15.9 Å². The number of halogens is 1. The quantitative estimate of drug-likeness (QED) is 0.867. The van der Waals surface area contributed by atoms with E-state index in [1.165, 1.54) is 0 Å². The van der Waals surface area contributed by atoms with Crippen LogP contribution in [0.25, 0.3) is 0 Å². The largest absolute Gasteiger partial charge is 0.291 e. The first-order valence-corrected chi connectivity index (χ1v) is 6.98. The van der Waals surface area contributed by atoms with Gasteiger partial charge in [-0.2, -0.15) is 5.10 Å². The van der Waals surface area contributed by atoms with E-state index < -0.39 is 0 Å². The second-order valence-electron chi connectivity index (χ2n) is 4.55. The minimum atomic E-state index is -0.0313. The van der Waals surface area contributed by atoms with Gasteiger partial charge in [0.15, 0.2) is 0 Å². The van der Waals surface area contributed by atoms with E-state index in [9.17, 15) is 4.79 Å². The van der Waals surface area contributed by atoms with Crippen LogP contribution in [0.1, 0.15) is 29.8 Å². The highest BCUT2D eigenvalue weighted by molar-refractivity contribution is 9.10. The third-order valence-electron chi connectivity index (χ3n) is 3.14. The normalized spacial score (nSPS) is 11.0. The molecule has 19 heavy (non-hydrogen) atoms. The van der Waals surface area contributed by atoms with Gasteiger partial charge in [0, 0.05) is 18.8 Å². The van der Waals surface area contributed by atoms with Crippen LogP contribution in [0.2, 0.25) is 0 Å². The molecule has 0 bridgehead atoms. The molecule has 2 heterocycles. The van der Waals surface area contributed by atoms with Crippen LogP contribution in [-0.2, 0) is 20.0 Å². The summed E-state index contributed by atoms with van der Waals surface area (Å²) < 4.78 is 4.45. The average Bonchev–Trinajstić information content (AvgIpc) is 2.59. The highest BCUT2D eigenvalue weighted by Gasteiger charge is 2.14. The highest BCUT2D eigenvalue weighted by atomic mass is 79.9. The molecule has 0 fully saturated rings. The van der Waals surface area contributed by atoms with E-state index in [4.69, 9.17) is 0 Å². The zero-order chi connectivity index (χ0) is 14.2. The molecule has 0 saturated heterocycles. The smallest absolute Gasteiger partial charge is 0.254 e. The predicted octanol–water partition coefficient (Wildman–Crippen LogP) is 1.97. The predicted molar refractivity (Wildman–Crippen MR) is 77.4 cm³/mol. The van der Waals surface area contributed by atoms with Gasteiger partial charge in [0.1, 0.15) is 5.82 Å². The number of aryl methyl sites for hydroxylation is 4. The lowest BCUT2D eigenvalue weighted by Gasteiger charge is -2.10. The number of aromatic nitrogens is 4. The molecule has 0 N–H and O–H groups in total. The molecular formula is C13H17BrN4O. The van der Waals surface area contributed by atoms with Gasteiger partial charge in [-0.15, -0.1) is 0 Å². The topological polar surface area (TPSA) is 52.7 Å². The molecule has 0 amide bonds. The standard InChI is InChI=1S/C13H17BrN4O/c1-5-10-13(14)11(17(4)16-10)7-18-9(3)15-8(2)6-12(18)19/h6H,5,7H2,1-4H3. The zero-order valence-electron chi connectivity index (χ0n) is 11.6. The first-order valence-electron chi connectivity index (χ1n) is 6.19. The third-order valence-corrected chi connectivity index (χ3v) is 4.05. The number of rotatable bonds is 3. The summed E-state index contributed by atoms with van der Waals surface area (Å²) in [4.78, 5) is 16.4. The fourth-order valence-corrected chi connectivity index (χ4v) is 2.84. The maximum Gasteiger partial charge on any atom is 0.254 e. The molecule has 6 heteroatoms. The van der Waals surface area contributed by atoms with E-state index in [-0.39, 0.29) is 5.56 Å². The summed E-state index contributed by atoms with van der Waals surface area (Å²) in [5, 5.41) is 4.44. The van der Waals surface area contributed by atoms with E-state index in [2.05, 4.69) is 32.9 Å². The fourth-order valence-electron chi connectivity index (χ4n) is 2.10. The highest BCUT2D eigenvalue weighted by Crippen LogP contribution is 2.22. The van der Waals surface area contributed by atoms with Crippen molar-refractivity contribution in [2.45, 2.75) is 33.7 Å². The number of nitrogens with zero attached hydrogens (tertiary/aromatic N) is 4. The molecule has 0 spiro atoms. The van der Waals surface area contributed by atoms with Gasteiger partial charge in [-0.1, -0.05) is 6.92 Å². The Labute approximate surface area is 120 Å². The molecule has 2 aromatic rings. The molecular weight excluding hydrogens is 308 g/mol. The monoisotopic (exact) mass is 324 g/mol. The van der Waals surface area contributed by atoms with Crippen molar-refractivity contribution in [3.8, 4) is 0 Å². The molecule has 0 aromatic carbocycles. The SMILES string of the molecule is CCc1nn(C)c(Cn2c(C)nc(C)cc2=O)c1Br. The van der Waals surface area contributed by atoms with Crippen LogP contribution < -0.4 is 5.56 Å². The summed E-state index contributed by atoms with van der Waals surface area (Å²) >= 11 is 3.56. The van der Waals surface area contributed by atoms with Crippen LogP contribution in [0.5, 0.6) is 0 Å². The Kier molecular flexibility index (Phi) is 3.89. The van der Waals surface area contributed by atoms with Crippen molar-refractivity contribution >= 4 is 15.9 Å². The van der Waals surface area contributed by atoms with E-state index >= 15 is 0 Å². The minimum absolute atomic E-state index is 0.0313. The molecule has 2 rings (SSSR count). The molecule has 0 atom stereocenters. The number of hydrogen-bond acceptors (Lipinski definition) is 3. The van der Waals surface area contributed by atoms with Crippen LogP contribution in [-0.4, -0.2) is 19.3 Å². The Balaban J connectivity index is 2.48. The average molecular weight is 325 g/mol. The van der Waals surface area contributed by atoms with Gasteiger partial charge < -0.3 is 0 Å². The van der Waals surface area contributed by atoms with Crippen molar-refractivity contribution in [3.63, 3.8) is 0 Å². The molecule has 5 nitrogen and oxygen atoms in total. The molecule has 0 unspecified atom stereocenters. The molecule has 0 aliphatic heterocycles. The molecule has 102 valence electrons. The zero-order valence-corrected chi connectivity index (χ0v) is 13.2. The third kappa shape index (κ3) is 2.63. The molecule has 0 aliphatic rings. The molecule has 0 aliphatic carbocycles. The van der Waals surface area contributed by atoms with E-state index in [0.29, 0.717) is 6.54 Å². The van der Waals surface area contributed by atoms with Crippen LogP contribution in [0, 0.1) is 13.8 Å². The Morgan fingerprint density at radius 2 is 2.05 bits per heavy atom. The Bertz CT molecular complexity index is 672. The minimum Gasteiger partial charge on any atom is -0.291 e. The van der Waals surface area contributed by atoms with Crippen molar-refractivity contribution in [2.75, 3.05) is 0 Å². The molecule has 0 radical (unpaired) electrons. The van der Waals surface area contributed by atoms with Crippen molar-refractivity contribution in [2.24, 2.45) is 7.05 Å². The van der Waals surface area contributed by atoms with Gasteiger partial charge in [0.25, 0.3) is 5.56 Å². The second kappa shape index (κ2) is 5.28. The summed E-state index contributed by atoms with van der Waals surface area (Å²) in [7, 11) is 1.89. The first-order chi connectivity index (χ1) is 8.93. The van der Waals surface area contributed by atoms with Crippen molar-refractivity contribution in [1.82, 2.24) is 19.3 Å². The first kappa shape index (κ1) is 14.0. The summed E-state index contributed by atoms with van der Waals surface area (Å²) in [6.07, 6.45) is 0.856. The van der Waals surface area contributed by atoms with E-state index in [0.717, 1.165) is 33.8 Å². The summed E-state index contributed by atoms with van der Waals surface area (Å²) in [6.45, 7) is 6.21. The maximum absolute atomic E-state index is 12.0. The number of hydrogen-bond donors (Lipinski definition) is 0. The van der Waals surface area contributed by atoms with Gasteiger partial charge in [-0.05, 0) is 36.2 Å². The van der Waals surface area contributed by atoms with E-state index in [1.807, 2.05) is 25.6 Å².